The lowest BCUT2D eigenvalue weighted by atomic mass is 9.67. The van der Waals surface area contributed by atoms with Crippen molar-refractivity contribution in [1.29, 1.82) is 0 Å². The Balaban J connectivity index is 2.11. The van der Waals surface area contributed by atoms with E-state index in [1.54, 1.807) is 0 Å². The summed E-state index contributed by atoms with van der Waals surface area (Å²) in [6.45, 7) is 17.0. The van der Waals surface area contributed by atoms with E-state index in [0.717, 1.165) is 5.92 Å². The van der Waals surface area contributed by atoms with Crippen LogP contribution in [-0.2, 0) is 0 Å². The topological polar surface area (TPSA) is 3.24 Å². The third-order valence-corrected chi connectivity index (χ3v) is 4.82. The zero-order valence-corrected chi connectivity index (χ0v) is 12.1. The van der Waals surface area contributed by atoms with Crippen LogP contribution in [0.15, 0.2) is 0 Å². The second-order valence-electron chi connectivity index (χ2n) is 8.16. The van der Waals surface area contributed by atoms with Crippen LogP contribution >= 0.6 is 0 Å². The van der Waals surface area contributed by atoms with Gasteiger partial charge in [0.2, 0.25) is 0 Å². The van der Waals surface area contributed by atoms with Gasteiger partial charge in [0, 0.05) is 12.1 Å². The van der Waals surface area contributed by atoms with Gasteiger partial charge in [-0.05, 0) is 63.3 Å². The van der Waals surface area contributed by atoms with E-state index in [4.69, 9.17) is 0 Å². The molecular formula is C15H29N. The minimum atomic E-state index is 0.360. The molecule has 1 unspecified atom stereocenters. The number of nitrogens with zero attached hydrogens (tertiary/aromatic N) is 1. The maximum Gasteiger partial charge on any atom is 0.0125 e. The molecular weight excluding hydrogens is 194 g/mol. The van der Waals surface area contributed by atoms with Gasteiger partial charge in [0.25, 0.3) is 0 Å². The molecule has 0 aromatic heterocycles. The molecule has 2 aliphatic rings. The number of hydrogen-bond donors (Lipinski definition) is 0. The zero-order chi connectivity index (χ0) is 12.2. The third kappa shape index (κ3) is 2.16. The molecule has 1 saturated heterocycles. The van der Waals surface area contributed by atoms with Crippen molar-refractivity contribution in [3.05, 3.63) is 0 Å². The van der Waals surface area contributed by atoms with Crippen LogP contribution in [0.5, 0.6) is 0 Å². The van der Waals surface area contributed by atoms with Crippen LogP contribution in [0.3, 0.4) is 0 Å². The van der Waals surface area contributed by atoms with Gasteiger partial charge in [-0.15, -0.1) is 0 Å². The number of likely N-dealkylation sites (tertiary alicyclic amines) is 1. The van der Waals surface area contributed by atoms with Gasteiger partial charge in [0.1, 0.15) is 0 Å². The Hall–Kier alpha value is -0.0400. The molecule has 1 heteroatoms. The Labute approximate surface area is 102 Å². The quantitative estimate of drug-likeness (QED) is 0.601. The largest absolute Gasteiger partial charge is 0.298 e. The summed E-state index contributed by atoms with van der Waals surface area (Å²) in [6.07, 6.45) is 4.35. The van der Waals surface area contributed by atoms with Gasteiger partial charge < -0.3 is 0 Å². The van der Waals surface area contributed by atoms with E-state index in [1.807, 2.05) is 0 Å². The molecule has 1 saturated carbocycles. The molecule has 0 aromatic rings. The molecule has 1 nitrogen and oxygen atoms in total. The molecule has 1 spiro atoms. The Bertz CT molecular complexity index is 262. The normalized spacial score (nSPS) is 30.8. The van der Waals surface area contributed by atoms with Gasteiger partial charge in [-0.2, -0.15) is 0 Å². The minimum Gasteiger partial charge on any atom is -0.298 e. The molecule has 1 atom stereocenters. The first kappa shape index (κ1) is 12.4. The Morgan fingerprint density at radius 3 is 1.94 bits per heavy atom. The van der Waals surface area contributed by atoms with Crippen LogP contribution in [0, 0.1) is 16.7 Å². The van der Waals surface area contributed by atoms with E-state index in [2.05, 4.69) is 46.4 Å². The summed E-state index contributed by atoms with van der Waals surface area (Å²) in [4.78, 5) is 2.71. The fourth-order valence-electron chi connectivity index (χ4n) is 3.75. The van der Waals surface area contributed by atoms with Crippen molar-refractivity contribution in [3.63, 3.8) is 0 Å². The van der Waals surface area contributed by atoms with E-state index in [9.17, 15) is 0 Å². The molecule has 1 heterocycles. The lowest BCUT2D eigenvalue weighted by Gasteiger charge is -2.49. The van der Waals surface area contributed by atoms with Crippen molar-refractivity contribution in [1.82, 2.24) is 4.90 Å². The van der Waals surface area contributed by atoms with E-state index in [0.29, 0.717) is 16.4 Å². The van der Waals surface area contributed by atoms with Crippen LogP contribution in [0.1, 0.15) is 60.8 Å². The molecule has 0 aromatic carbocycles. The van der Waals surface area contributed by atoms with Gasteiger partial charge in [-0.25, -0.2) is 0 Å². The summed E-state index contributed by atoms with van der Waals surface area (Å²) in [5.41, 5.74) is 1.54. The van der Waals surface area contributed by atoms with Gasteiger partial charge in [0.15, 0.2) is 0 Å². The highest BCUT2D eigenvalue weighted by molar-refractivity contribution is 5.07. The zero-order valence-electron chi connectivity index (χ0n) is 12.1. The van der Waals surface area contributed by atoms with Crippen molar-refractivity contribution in [2.75, 3.05) is 13.1 Å². The predicted molar refractivity (Wildman–Crippen MR) is 70.6 cm³/mol. The monoisotopic (exact) mass is 223 g/mol. The summed E-state index contributed by atoms with van der Waals surface area (Å²) in [5, 5.41) is 0. The molecule has 16 heavy (non-hydrogen) atoms. The number of hydrogen-bond acceptors (Lipinski definition) is 1. The molecule has 0 N–H and O–H groups in total. The van der Waals surface area contributed by atoms with Crippen molar-refractivity contribution in [2.45, 2.75) is 66.3 Å². The van der Waals surface area contributed by atoms with Gasteiger partial charge >= 0.3 is 0 Å². The minimum absolute atomic E-state index is 0.360. The van der Waals surface area contributed by atoms with Crippen LogP contribution < -0.4 is 0 Å². The Kier molecular flexibility index (Phi) is 2.70. The fourth-order valence-corrected chi connectivity index (χ4v) is 3.75. The molecule has 2 rings (SSSR count). The Morgan fingerprint density at radius 1 is 1.00 bits per heavy atom. The SMILES string of the molecule is CC(C)(C)C1CCN(C(C)(C)C)CC12CC2. The summed E-state index contributed by atoms with van der Waals surface area (Å²) in [6, 6.07) is 0. The summed E-state index contributed by atoms with van der Waals surface area (Å²) < 4.78 is 0. The molecule has 0 amide bonds. The van der Waals surface area contributed by atoms with Gasteiger partial charge in [-0.3, -0.25) is 4.90 Å². The van der Waals surface area contributed by atoms with Crippen molar-refractivity contribution < 1.29 is 0 Å². The summed E-state index contributed by atoms with van der Waals surface area (Å²) >= 11 is 0. The first-order chi connectivity index (χ1) is 7.15. The smallest absolute Gasteiger partial charge is 0.0125 e. The second kappa shape index (κ2) is 3.48. The lowest BCUT2D eigenvalue weighted by molar-refractivity contribution is -0.00655. The highest BCUT2D eigenvalue weighted by atomic mass is 15.2. The average molecular weight is 223 g/mol. The standard InChI is InChI=1S/C15H29N/c1-13(2,3)12-7-10-16(14(4,5)6)11-15(12)8-9-15/h12H,7-11H2,1-6H3. The molecule has 1 aliphatic carbocycles. The molecule has 2 fully saturated rings. The highest BCUT2D eigenvalue weighted by Gasteiger charge is 2.56. The second-order valence-corrected chi connectivity index (χ2v) is 8.16. The maximum atomic E-state index is 2.71. The molecule has 0 radical (unpaired) electrons. The fraction of sp³-hybridized carbons (Fsp3) is 1.00. The van der Waals surface area contributed by atoms with Crippen LogP contribution in [-0.4, -0.2) is 23.5 Å². The van der Waals surface area contributed by atoms with Crippen LogP contribution in [0.2, 0.25) is 0 Å². The van der Waals surface area contributed by atoms with Gasteiger partial charge in [0.05, 0.1) is 0 Å². The van der Waals surface area contributed by atoms with E-state index in [-0.39, 0.29) is 0 Å². The number of piperidine rings is 1. The highest BCUT2D eigenvalue weighted by Crippen LogP contribution is 2.61. The Morgan fingerprint density at radius 2 is 1.56 bits per heavy atom. The summed E-state index contributed by atoms with van der Waals surface area (Å²) in [7, 11) is 0. The first-order valence-electron chi connectivity index (χ1n) is 6.90. The third-order valence-electron chi connectivity index (χ3n) is 4.82. The molecule has 1 aliphatic heterocycles. The average Bonchev–Trinajstić information content (AvgIpc) is 2.81. The number of rotatable bonds is 0. The lowest BCUT2D eigenvalue weighted by Crippen LogP contribution is -2.52. The van der Waals surface area contributed by atoms with Crippen LogP contribution in [0.4, 0.5) is 0 Å². The first-order valence-corrected chi connectivity index (χ1v) is 6.90. The molecule has 94 valence electrons. The van der Waals surface area contributed by atoms with E-state index in [1.165, 1.54) is 32.4 Å². The van der Waals surface area contributed by atoms with Crippen LogP contribution in [0.25, 0.3) is 0 Å². The van der Waals surface area contributed by atoms with Crippen molar-refractivity contribution in [3.8, 4) is 0 Å². The molecule has 0 bridgehead atoms. The summed E-state index contributed by atoms with van der Waals surface area (Å²) in [5.74, 6) is 0.943. The predicted octanol–water partition coefficient (Wildman–Crippen LogP) is 3.93. The van der Waals surface area contributed by atoms with Crippen molar-refractivity contribution >= 4 is 0 Å². The van der Waals surface area contributed by atoms with E-state index < -0.39 is 0 Å². The van der Waals surface area contributed by atoms with Gasteiger partial charge in [-0.1, -0.05) is 20.8 Å². The maximum absolute atomic E-state index is 2.71. The van der Waals surface area contributed by atoms with E-state index >= 15 is 0 Å². The van der Waals surface area contributed by atoms with Crippen molar-refractivity contribution in [2.24, 2.45) is 16.7 Å².